The molecule has 0 aliphatic carbocycles. The van der Waals surface area contributed by atoms with Crippen molar-refractivity contribution in [1.29, 1.82) is 0 Å². The van der Waals surface area contributed by atoms with Crippen LogP contribution in [0.5, 0.6) is 5.75 Å². The van der Waals surface area contributed by atoms with E-state index >= 15 is 0 Å². The minimum atomic E-state index is -0.585. The second-order valence-corrected chi connectivity index (χ2v) is 6.92. The van der Waals surface area contributed by atoms with Crippen LogP contribution in [0.2, 0.25) is 0 Å². The first-order valence-corrected chi connectivity index (χ1v) is 8.06. The Labute approximate surface area is 143 Å². The fourth-order valence-electron chi connectivity index (χ4n) is 1.89. The number of nitrogens with zero attached hydrogens (tertiary/aromatic N) is 2. The van der Waals surface area contributed by atoms with Crippen molar-refractivity contribution in [3.05, 3.63) is 36.3 Å². The quantitative estimate of drug-likeness (QED) is 0.339. The lowest BCUT2D eigenvalue weighted by Crippen LogP contribution is -2.34. The lowest BCUT2D eigenvalue weighted by molar-refractivity contribution is -0.385. The summed E-state index contributed by atoms with van der Waals surface area (Å²) in [6.45, 7) is 3.43. The molecule has 1 fully saturated rings. The van der Waals surface area contributed by atoms with E-state index in [9.17, 15) is 24.8 Å². The first kappa shape index (κ1) is 16.7. The van der Waals surface area contributed by atoms with Crippen molar-refractivity contribution in [2.75, 3.05) is 0 Å². The van der Waals surface area contributed by atoms with Gasteiger partial charge in [-0.1, -0.05) is 0 Å². The van der Waals surface area contributed by atoms with Gasteiger partial charge in [0.25, 0.3) is 16.8 Å². The maximum atomic E-state index is 12.2. The van der Waals surface area contributed by atoms with Crippen molar-refractivity contribution in [2.45, 2.75) is 19.9 Å². The van der Waals surface area contributed by atoms with Gasteiger partial charge in [0.05, 0.1) is 13.4 Å². The van der Waals surface area contributed by atoms with Crippen LogP contribution in [0.25, 0.3) is 6.08 Å². The highest BCUT2D eigenvalue weighted by molar-refractivity contribution is 14.1. The first-order chi connectivity index (χ1) is 10.2. The number of carbonyl (C=O) groups excluding carboxylic acids is 2. The summed E-state index contributed by atoms with van der Waals surface area (Å²) in [7, 11) is 0. The normalized spacial score (nSPS) is 16.9. The van der Waals surface area contributed by atoms with Gasteiger partial charge in [-0.25, -0.2) is 0 Å². The highest BCUT2D eigenvalue weighted by atomic mass is 127. The molecule has 1 aliphatic rings. The van der Waals surface area contributed by atoms with Crippen LogP contribution in [0, 0.1) is 13.7 Å². The summed E-state index contributed by atoms with van der Waals surface area (Å²) in [5, 5.41) is 20.5. The number of rotatable bonds is 3. The molecule has 9 heteroatoms. The number of imide groups is 1. The van der Waals surface area contributed by atoms with Crippen LogP contribution in [-0.4, -0.2) is 32.1 Å². The molecule has 116 valence electrons. The van der Waals surface area contributed by atoms with E-state index in [0.29, 0.717) is 3.57 Å². The largest absolute Gasteiger partial charge is 0.506 e. The average molecular weight is 434 g/mol. The average Bonchev–Trinajstić information content (AvgIpc) is 2.69. The fourth-order valence-corrected chi connectivity index (χ4v) is 3.47. The molecule has 1 saturated heterocycles. The predicted molar refractivity (Wildman–Crippen MR) is 90.4 cm³/mol. The molecule has 1 N–H and O–H groups in total. The number of non-ortho nitro benzene ring substituents is 1. The molecule has 0 aromatic heterocycles. The van der Waals surface area contributed by atoms with E-state index in [2.05, 4.69) is 0 Å². The standard InChI is InChI=1S/C13H11IN2O5S/c1-6(2)15-12(18)10(22-13(15)19)4-7-3-8(16(20)21)5-9(14)11(7)17/h3-6,17H,1-2H3/b10-4+. The third-order valence-electron chi connectivity index (χ3n) is 2.92. The van der Waals surface area contributed by atoms with Crippen LogP contribution < -0.4 is 0 Å². The van der Waals surface area contributed by atoms with Crippen molar-refractivity contribution in [3.63, 3.8) is 0 Å². The molecular weight excluding hydrogens is 423 g/mol. The maximum absolute atomic E-state index is 12.2. The molecule has 0 unspecified atom stereocenters. The summed E-state index contributed by atoms with van der Waals surface area (Å²) in [5.74, 6) is -0.631. The molecule has 0 spiro atoms. The molecule has 0 radical (unpaired) electrons. The number of carbonyl (C=O) groups is 2. The van der Waals surface area contributed by atoms with Crippen molar-refractivity contribution in [1.82, 2.24) is 4.90 Å². The van der Waals surface area contributed by atoms with Crippen LogP contribution in [-0.2, 0) is 4.79 Å². The number of nitro groups is 1. The van der Waals surface area contributed by atoms with E-state index in [1.807, 2.05) is 0 Å². The van der Waals surface area contributed by atoms with Gasteiger partial charge in [0.2, 0.25) is 0 Å². The van der Waals surface area contributed by atoms with Gasteiger partial charge in [0.15, 0.2) is 0 Å². The molecule has 0 bridgehead atoms. The topological polar surface area (TPSA) is 101 Å². The minimum absolute atomic E-state index is 0.130. The minimum Gasteiger partial charge on any atom is -0.506 e. The Morgan fingerprint density at radius 3 is 2.55 bits per heavy atom. The molecular formula is C13H11IN2O5S. The van der Waals surface area contributed by atoms with E-state index in [-0.39, 0.29) is 27.9 Å². The monoisotopic (exact) mass is 434 g/mol. The first-order valence-electron chi connectivity index (χ1n) is 6.16. The highest BCUT2D eigenvalue weighted by Gasteiger charge is 2.36. The number of hydrogen-bond donors (Lipinski definition) is 1. The van der Waals surface area contributed by atoms with Gasteiger partial charge < -0.3 is 5.11 Å². The maximum Gasteiger partial charge on any atom is 0.293 e. The Hall–Kier alpha value is -1.62. The lowest BCUT2D eigenvalue weighted by atomic mass is 10.1. The Morgan fingerprint density at radius 1 is 1.41 bits per heavy atom. The third kappa shape index (κ3) is 3.09. The van der Waals surface area contributed by atoms with Gasteiger partial charge in [-0.15, -0.1) is 0 Å². The molecule has 1 aromatic carbocycles. The SMILES string of the molecule is CC(C)N1C(=O)S/C(=C/c2cc([N+](=O)[O-])cc(I)c2O)C1=O. The molecule has 0 atom stereocenters. The number of nitro benzene ring substituents is 1. The molecule has 22 heavy (non-hydrogen) atoms. The smallest absolute Gasteiger partial charge is 0.293 e. The Kier molecular flexibility index (Phi) is 4.75. The van der Waals surface area contributed by atoms with E-state index in [1.54, 1.807) is 36.4 Å². The number of hydrogen-bond acceptors (Lipinski definition) is 6. The van der Waals surface area contributed by atoms with Gasteiger partial charge >= 0.3 is 0 Å². The molecule has 1 aliphatic heterocycles. The number of phenolic OH excluding ortho intramolecular Hbond substituents is 1. The summed E-state index contributed by atoms with van der Waals surface area (Å²) in [6, 6.07) is 2.12. The number of phenols is 1. The third-order valence-corrected chi connectivity index (χ3v) is 4.62. The molecule has 7 nitrogen and oxygen atoms in total. The number of amides is 2. The second kappa shape index (κ2) is 6.24. The summed E-state index contributed by atoms with van der Waals surface area (Å²) >= 11 is 2.52. The van der Waals surface area contributed by atoms with Crippen molar-refractivity contribution >= 4 is 57.3 Å². The Morgan fingerprint density at radius 2 is 2.05 bits per heavy atom. The van der Waals surface area contributed by atoms with Crippen molar-refractivity contribution in [2.24, 2.45) is 0 Å². The van der Waals surface area contributed by atoms with Crippen LogP contribution in [0.15, 0.2) is 17.0 Å². The Bertz CT molecular complexity index is 717. The van der Waals surface area contributed by atoms with Crippen molar-refractivity contribution < 1.29 is 19.6 Å². The zero-order valence-corrected chi connectivity index (χ0v) is 14.5. The van der Waals surface area contributed by atoms with Gasteiger partial charge in [-0.2, -0.15) is 0 Å². The highest BCUT2D eigenvalue weighted by Crippen LogP contribution is 2.37. The zero-order valence-electron chi connectivity index (χ0n) is 11.6. The second-order valence-electron chi connectivity index (χ2n) is 4.77. The summed E-state index contributed by atoms with van der Waals surface area (Å²) in [4.78, 5) is 35.5. The molecule has 1 heterocycles. The number of benzene rings is 1. The van der Waals surface area contributed by atoms with Crippen LogP contribution in [0.1, 0.15) is 19.4 Å². The molecule has 1 aromatic rings. The van der Waals surface area contributed by atoms with Crippen molar-refractivity contribution in [3.8, 4) is 5.75 Å². The molecule has 0 saturated carbocycles. The lowest BCUT2D eigenvalue weighted by Gasteiger charge is -2.16. The van der Waals surface area contributed by atoms with Crippen LogP contribution in [0.3, 0.4) is 0 Å². The van der Waals surface area contributed by atoms with Crippen LogP contribution in [0.4, 0.5) is 10.5 Å². The predicted octanol–water partition coefficient (Wildman–Crippen LogP) is 3.35. The van der Waals surface area contributed by atoms with E-state index in [1.165, 1.54) is 18.2 Å². The van der Waals surface area contributed by atoms with Crippen LogP contribution >= 0.6 is 34.4 Å². The van der Waals surface area contributed by atoms with E-state index in [4.69, 9.17) is 0 Å². The number of aromatic hydroxyl groups is 1. The molecule has 2 rings (SSSR count). The summed E-state index contributed by atoms with van der Waals surface area (Å²) < 4.78 is 0.293. The zero-order chi connectivity index (χ0) is 16.6. The van der Waals surface area contributed by atoms with Gasteiger partial charge in [0, 0.05) is 23.7 Å². The van der Waals surface area contributed by atoms with Gasteiger partial charge in [0.1, 0.15) is 5.75 Å². The summed E-state index contributed by atoms with van der Waals surface area (Å²) in [6.07, 6.45) is 1.30. The Balaban J connectivity index is 2.48. The number of thioether (sulfide) groups is 1. The van der Waals surface area contributed by atoms with E-state index in [0.717, 1.165) is 16.7 Å². The molecule has 2 amide bonds. The fraction of sp³-hybridized carbons (Fsp3) is 0.231. The summed E-state index contributed by atoms with van der Waals surface area (Å²) in [5.41, 5.74) is -0.0654. The van der Waals surface area contributed by atoms with E-state index < -0.39 is 16.1 Å². The van der Waals surface area contributed by atoms with Gasteiger partial charge in [-0.05, 0) is 54.3 Å². The van der Waals surface area contributed by atoms with Gasteiger partial charge in [-0.3, -0.25) is 24.6 Å². The number of halogens is 1.